The van der Waals surface area contributed by atoms with Crippen LogP contribution in [0.1, 0.15) is 44.5 Å². The average Bonchev–Trinajstić information content (AvgIpc) is 3.23. The summed E-state index contributed by atoms with van der Waals surface area (Å²) in [6.07, 6.45) is 0. The third-order valence-corrected chi connectivity index (χ3v) is 7.16. The van der Waals surface area contributed by atoms with E-state index in [1.165, 1.54) is 12.1 Å². The maximum Gasteiger partial charge on any atom is 0.249 e. The smallest absolute Gasteiger partial charge is 0.249 e. The van der Waals surface area contributed by atoms with Gasteiger partial charge in [0.2, 0.25) is 5.91 Å². The predicted octanol–water partition coefficient (Wildman–Crippen LogP) is 4.80. The van der Waals surface area contributed by atoms with E-state index in [2.05, 4.69) is 23.6 Å². The van der Waals surface area contributed by atoms with Crippen LogP contribution in [0.25, 0.3) is 5.69 Å². The van der Waals surface area contributed by atoms with Gasteiger partial charge in [-0.15, -0.1) is 0 Å². The van der Waals surface area contributed by atoms with E-state index >= 15 is 0 Å². The van der Waals surface area contributed by atoms with Gasteiger partial charge in [0.15, 0.2) is 0 Å². The number of benzene rings is 2. The van der Waals surface area contributed by atoms with E-state index < -0.39 is 0 Å². The lowest BCUT2D eigenvalue weighted by Gasteiger charge is -2.39. The fourth-order valence-electron chi connectivity index (χ4n) is 4.94. The Morgan fingerprint density at radius 2 is 1.74 bits per heavy atom. The summed E-state index contributed by atoms with van der Waals surface area (Å²) in [7, 11) is 0. The number of halogens is 1. The standard InChI is InChI=1S/C30H40FN5O2/c1-22(2)33-14-16-34(17-15-33)30-28(24(5)32-36(30)27-13-9-12-26(31)18-27)19-35(23(3)4)29(37)21-38-20-25-10-7-6-8-11-25/h6-13,18,22-23H,14-17,19-21H2,1-5H3. The molecule has 0 radical (unpaired) electrons. The lowest BCUT2D eigenvalue weighted by molar-refractivity contribution is -0.139. The molecule has 1 amide bonds. The van der Waals surface area contributed by atoms with Crippen molar-refractivity contribution in [3.8, 4) is 5.69 Å². The fraction of sp³-hybridized carbons (Fsp3) is 0.467. The summed E-state index contributed by atoms with van der Waals surface area (Å²) in [5.41, 5.74) is 3.53. The van der Waals surface area contributed by atoms with Crippen molar-refractivity contribution in [3.63, 3.8) is 0 Å². The van der Waals surface area contributed by atoms with Crippen LogP contribution in [0.3, 0.4) is 0 Å². The molecule has 0 aliphatic carbocycles. The van der Waals surface area contributed by atoms with Crippen LogP contribution in [0.2, 0.25) is 0 Å². The van der Waals surface area contributed by atoms with Crippen LogP contribution >= 0.6 is 0 Å². The lowest BCUT2D eigenvalue weighted by Crippen LogP contribution is -2.49. The maximum atomic E-state index is 14.2. The van der Waals surface area contributed by atoms with E-state index in [9.17, 15) is 9.18 Å². The first-order chi connectivity index (χ1) is 18.2. The number of nitrogens with zero attached hydrogens (tertiary/aromatic N) is 5. The highest BCUT2D eigenvalue weighted by Gasteiger charge is 2.29. The van der Waals surface area contributed by atoms with Crippen molar-refractivity contribution in [1.29, 1.82) is 0 Å². The zero-order chi connectivity index (χ0) is 27.2. The molecule has 1 aromatic heterocycles. The van der Waals surface area contributed by atoms with E-state index in [1.807, 2.05) is 66.8 Å². The molecule has 7 nitrogen and oxygen atoms in total. The second-order valence-electron chi connectivity index (χ2n) is 10.5. The largest absolute Gasteiger partial charge is 0.367 e. The van der Waals surface area contributed by atoms with Crippen molar-refractivity contribution in [2.45, 2.75) is 59.9 Å². The van der Waals surface area contributed by atoms with Gasteiger partial charge in [-0.05, 0) is 58.4 Å². The number of ether oxygens (including phenoxy) is 1. The molecule has 1 fully saturated rings. The highest BCUT2D eigenvalue weighted by Crippen LogP contribution is 2.30. The van der Waals surface area contributed by atoms with Crippen LogP contribution in [0.15, 0.2) is 54.6 Å². The Labute approximate surface area is 225 Å². The summed E-state index contributed by atoms with van der Waals surface area (Å²) >= 11 is 0. The molecule has 1 saturated heterocycles. The minimum absolute atomic E-state index is 0.00650. The number of hydrogen-bond donors (Lipinski definition) is 0. The van der Waals surface area contributed by atoms with Gasteiger partial charge in [0.1, 0.15) is 18.2 Å². The second-order valence-corrected chi connectivity index (χ2v) is 10.5. The average molecular weight is 522 g/mol. The van der Waals surface area contributed by atoms with Gasteiger partial charge in [-0.1, -0.05) is 36.4 Å². The molecule has 0 N–H and O–H groups in total. The third-order valence-electron chi connectivity index (χ3n) is 7.16. The second kappa shape index (κ2) is 12.5. The van der Waals surface area contributed by atoms with E-state index in [1.54, 1.807) is 6.07 Å². The summed E-state index contributed by atoms with van der Waals surface area (Å²) in [6.45, 7) is 14.8. The van der Waals surface area contributed by atoms with Gasteiger partial charge in [-0.25, -0.2) is 9.07 Å². The molecule has 2 heterocycles. The minimum atomic E-state index is -0.303. The monoisotopic (exact) mass is 521 g/mol. The van der Waals surface area contributed by atoms with E-state index in [0.717, 1.165) is 48.8 Å². The van der Waals surface area contributed by atoms with Crippen LogP contribution in [-0.2, 0) is 22.7 Å². The quantitative estimate of drug-likeness (QED) is 0.384. The van der Waals surface area contributed by atoms with E-state index in [-0.39, 0.29) is 24.4 Å². The van der Waals surface area contributed by atoms with Gasteiger partial charge < -0.3 is 14.5 Å². The summed E-state index contributed by atoms with van der Waals surface area (Å²) in [5.74, 6) is 0.562. The summed E-state index contributed by atoms with van der Waals surface area (Å²) < 4.78 is 21.8. The van der Waals surface area contributed by atoms with Crippen LogP contribution in [0.4, 0.5) is 10.2 Å². The Hall–Kier alpha value is -3.23. The maximum absolute atomic E-state index is 14.2. The fourth-order valence-corrected chi connectivity index (χ4v) is 4.94. The molecule has 3 aromatic rings. The third kappa shape index (κ3) is 6.60. The van der Waals surface area contributed by atoms with Crippen LogP contribution in [0.5, 0.6) is 0 Å². The molecule has 8 heteroatoms. The number of hydrogen-bond acceptors (Lipinski definition) is 5. The van der Waals surface area contributed by atoms with Gasteiger partial charge >= 0.3 is 0 Å². The van der Waals surface area contributed by atoms with E-state index in [4.69, 9.17) is 9.84 Å². The molecule has 1 aliphatic heterocycles. The molecule has 0 spiro atoms. The van der Waals surface area contributed by atoms with Crippen molar-refractivity contribution in [1.82, 2.24) is 19.6 Å². The van der Waals surface area contributed by atoms with Crippen molar-refractivity contribution < 1.29 is 13.9 Å². The molecule has 0 unspecified atom stereocenters. The molecule has 4 rings (SSSR count). The van der Waals surface area contributed by atoms with Crippen molar-refractivity contribution >= 4 is 11.7 Å². The Morgan fingerprint density at radius 1 is 1.03 bits per heavy atom. The highest BCUT2D eigenvalue weighted by molar-refractivity contribution is 5.78. The first kappa shape index (κ1) is 27.8. The van der Waals surface area contributed by atoms with Gasteiger partial charge in [-0.2, -0.15) is 5.10 Å². The van der Waals surface area contributed by atoms with Crippen LogP contribution in [-0.4, -0.2) is 70.4 Å². The first-order valence-electron chi connectivity index (χ1n) is 13.5. The molecule has 1 aliphatic rings. The van der Waals surface area contributed by atoms with Gasteiger partial charge in [-0.3, -0.25) is 9.69 Å². The SMILES string of the molecule is Cc1nn(-c2cccc(F)c2)c(N2CCN(C(C)C)CC2)c1CN(C(=O)COCc1ccccc1)C(C)C. The molecule has 38 heavy (non-hydrogen) atoms. The molecule has 0 atom stereocenters. The zero-order valence-electron chi connectivity index (χ0n) is 23.2. The normalized spacial score (nSPS) is 14.5. The Kier molecular flexibility index (Phi) is 9.17. The predicted molar refractivity (Wildman–Crippen MR) is 149 cm³/mol. The summed E-state index contributed by atoms with van der Waals surface area (Å²) in [4.78, 5) is 20.0. The highest BCUT2D eigenvalue weighted by atomic mass is 19.1. The number of piperazine rings is 1. The molecule has 0 saturated carbocycles. The summed E-state index contributed by atoms with van der Waals surface area (Å²) in [5, 5.41) is 4.85. The molecular weight excluding hydrogens is 481 g/mol. The van der Waals surface area contributed by atoms with Crippen molar-refractivity contribution in [3.05, 3.63) is 77.2 Å². The number of rotatable bonds is 10. The minimum Gasteiger partial charge on any atom is -0.367 e. The molecule has 2 aromatic carbocycles. The molecule has 204 valence electrons. The topological polar surface area (TPSA) is 53.8 Å². The Bertz CT molecular complexity index is 1200. The van der Waals surface area contributed by atoms with Crippen molar-refractivity contribution in [2.24, 2.45) is 0 Å². The molecule has 0 bridgehead atoms. The summed E-state index contributed by atoms with van der Waals surface area (Å²) in [6, 6.07) is 16.8. The van der Waals surface area contributed by atoms with Crippen molar-refractivity contribution in [2.75, 3.05) is 37.7 Å². The Balaban J connectivity index is 1.60. The number of aromatic nitrogens is 2. The van der Waals surface area contributed by atoms with Crippen LogP contribution in [0, 0.1) is 12.7 Å². The van der Waals surface area contributed by atoms with Gasteiger partial charge in [0.25, 0.3) is 0 Å². The van der Waals surface area contributed by atoms with Gasteiger partial charge in [0.05, 0.1) is 24.5 Å². The van der Waals surface area contributed by atoms with Crippen LogP contribution < -0.4 is 4.90 Å². The number of aryl methyl sites for hydroxylation is 1. The van der Waals surface area contributed by atoms with Gasteiger partial charge in [0, 0.05) is 43.8 Å². The van der Waals surface area contributed by atoms with E-state index in [0.29, 0.717) is 24.9 Å². The number of carbonyl (C=O) groups excluding carboxylic acids is 1. The lowest BCUT2D eigenvalue weighted by atomic mass is 10.1. The first-order valence-corrected chi connectivity index (χ1v) is 13.5. The molecular formula is C30H40FN5O2. The number of carbonyl (C=O) groups is 1. The zero-order valence-corrected chi connectivity index (χ0v) is 23.2. The number of anilines is 1. The number of amides is 1. The Morgan fingerprint density at radius 3 is 2.37 bits per heavy atom.